The largest absolute Gasteiger partial charge is 0.370 e. The molecule has 3 nitrogen and oxygen atoms in total. The minimum absolute atomic E-state index is 0.239. The van der Waals surface area contributed by atoms with Gasteiger partial charge in [0.15, 0.2) is 0 Å². The monoisotopic (exact) mass is 163 g/mol. The smallest absolute Gasteiger partial charge is 0.217 e. The van der Waals surface area contributed by atoms with Gasteiger partial charge in [-0.1, -0.05) is 6.42 Å². The van der Waals surface area contributed by atoms with Crippen LogP contribution < -0.4 is 5.73 Å². The van der Waals surface area contributed by atoms with Crippen LogP contribution in [0.3, 0.4) is 0 Å². The van der Waals surface area contributed by atoms with E-state index >= 15 is 0 Å². The zero-order valence-corrected chi connectivity index (χ0v) is 6.69. The molecule has 0 spiro atoms. The Morgan fingerprint density at radius 1 is 1.40 bits per heavy atom. The van der Waals surface area contributed by atoms with Gasteiger partial charge in [-0.25, -0.2) is 0 Å². The van der Waals surface area contributed by atoms with Gasteiger partial charge in [0.05, 0.1) is 0 Å². The second kappa shape index (κ2) is 6.89. The Morgan fingerprint density at radius 3 is 2.60 bits per heavy atom. The van der Waals surface area contributed by atoms with E-state index in [4.69, 9.17) is 10.3 Å². The number of carbonyl (C=O) groups excluding carboxylic acids is 1. The molecule has 0 saturated carbocycles. The number of primary amides is 1. The van der Waals surface area contributed by atoms with Crippen LogP contribution in [0.5, 0.6) is 0 Å². The SMILES string of the molecule is NC(=O)CCCCCSO. The van der Waals surface area contributed by atoms with Crippen LogP contribution in [0.1, 0.15) is 25.7 Å². The molecule has 1 amide bonds. The van der Waals surface area contributed by atoms with Crippen molar-refractivity contribution in [3.63, 3.8) is 0 Å². The minimum atomic E-state index is -0.239. The van der Waals surface area contributed by atoms with Crippen LogP contribution in [0.15, 0.2) is 0 Å². The van der Waals surface area contributed by atoms with Crippen molar-refractivity contribution >= 4 is 17.9 Å². The van der Waals surface area contributed by atoms with Crippen LogP contribution in [0.25, 0.3) is 0 Å². The second-order valence-electron chi connectivity index (χ2n) is 2.11. The molecule has 0 rings (SSSR count). The number of nitrogens with two attached hydrogens (primary N) is 1. The number of rotatable bonds is 6. The first kappa shape index (κ1) is 9.78. The third-order valence-corrected chi connectivity index (χ3v) is 1.63. The fraction of sp³-hybridized carbons (Fsp3) is 0.833. The molecule has 0 aliphatic rings. The Hall–Kier alpha value is -0.220. The zero-order valence-electron chi connectivity index (χ0n) is 5.88. The lowest BCUT2D eigenvalue weighted by atomic mass is 10.2. The summed E-state index contributed by atoms with van der Waals surface area (Å²) in [6.07, 6.45) is 3.23. The summed E-state index contributed by atoms with van der Waals surface area (Å²) in [5.74, 6) is 0.510. The topological polar surface area (TPSA) is 63.3 Å². The average Bonchev–Trinajstić information content (AvgIpc) is 1.87. The fourth-order valence-corrected chi connectivity index (χ4v) is 0.976. The summed E-state index contributed by atoms with van der Waals surface area (Å²) in [6, 6.07) is 0. The Balaban J connectivity index is 2.84. The number of hydrogen-bond acceptors (Lipinski definition) is 3. The van der Waals surface area contributed by atoms with Crippen LogP contribution in [-0.4, -0.2) is 16.2 Å². The standard InChI is InChI=1S/C6H13NO2S/c7-6(8)4-2-1-3-5-10-9/h9H,1-5H2,(H2,7,8). The van der Waals surface area contributed by atoms with Gasteiger partial charge in [-0.15, -0.1) is 0 Å². The van der Waals surface area contributed by atoms with Crippen molar-refractivity contribution < 1.29 is 9.35 Å². The van der Waals surface area contributed by atoms with Gasteiger partial charge in [0.25, 0.3) is 0 Å². The highest BCUT2D eigenvalue weighted by Gasteiger charge is 1.93. The van der Waals surface area contributed by atoms with Gasteiger partial charge in [0.1, 0.15) is 0 Å². The number of hydrogen-bond donors (Lipinski definition) is 2. The van der Waals surface area contributed by atoms with E-state index in [9.17, 15) is 4.79 Å². The predicted octanol–water partition coefficient (Wildman–Crippen LogP) is 1.24. The molecule has 0 aliphatic carbocycles. The summed E-state index contributed by atoms with van der Waals surface area (Å²) < 4.78 is 8.30. The summed E-state index contributed by atoms with van der Waals surface area (Å²) in [5.41, 5.74) is 4.91. The van der Waals surface area contributed by atoms with E-state index in [1.807, 2.05) is 0 Å². The summed E-state index contributed by atoms with van der Waals surface area (Å²) in [7, 11) is 0. The molecule has 0 fully saturated rings. The Kier molecular flexibility index (Phi) is 6.74. The van der Waals surface area contributed by atoms with E-state index < -0.39 is 0 Å². The van der Waals surface area contributed by atoms with E-state index in [-0.39, 0.29) is 5.91 Å². The van der Waals surface area contributed by atoms with Gasteiger partial charge in [0, 0.05) is 12.2 Å². The van der Waals surface area contributed by atoms with Gasteiger partial charge in [-0.2, -0.15) is 0 Å². The number of carbonyl (C=O) groups is 1. The molecule has 0 saturated heterocycles. The molecule has 10 heavy (non-hydrogen) atoms. The molecule has 0 aliphatic heterocycles. The Morgan fingerprint density at radius 2 is 2.10 bits per heavy atom. The van der Waals surface area contributed by atoms with Crippen LogP contribution in [0.2, 0.25) is 0 Å². The van der Waals surface area contributed by atoms with Crippen molar-refractivity contribution in [1.82, 2.24) is 0 Å². The van der Waals surface area contributed by atoms with Crippen molar-refractivity contribution in [1.29, 1.82) is 0 Å². The van der Waals surface area contributed by atoms with Crippen molar-refractivity contribution in [2.75, 3.05) is 5.75 Å². The molecule has 0 bridgehead atoms. The maximum absolute atomic E-state index is 10.2. The first-order valence-electron chi connectivity index (χ1n) is 3.32. The molecule has 0 radical (unpaired) electrons. The van der Waals surface area contributed by atoms with Crippen LogP contribution in [0, 0.1) is 0 Å². The molecule has 0 heterocycles. The van der Waals surface area contributed by atoms with Gasteiger partial charge >= 0.3 is 0 Å². The summed E-state index contributed by atoms with van der Waals surface area (Å²) in [5, 5.41) is 0. The lowest BCUT2D eigenvalue weighted by molar-refractivity contribution is -0.118. The molecule has 0 aromatic rings. The molecule has 60 valence electrons. The highest BCUT2D eigenvalue weighted by Crippen LogP contribution is 2.03. The average molecular weight is 163 g/mol. The van der Waals surface area contributed by atoms with E-state index in [0.29, 0.717) is 6.42 Å². The van der Waals surface area contributed by atoms with Crippen molar-refractivity contribution in [3.8, 4) is 0 Å². The first-order chi connectivity index (χ1) is 4.77. The van der Waals surface area contributed by atoms with Gasteiger partial charge < -0.3 is 10.3 Å². The van der Waals surface area contributed by atoms with Crippen molar-refractivity contribution in [2.24, 2.45) is 5.73 Å². The molecule has 3 N–H and O–H groups in total. The lowest BCUT2D eigenvalue weighted by Crippen LogP contribution is -2.09. The maximum Gasteiger partial charge on any atom is 0.217 e. The summed E-state index contributed by atoms with van der Waals surface area (Å²) >= 11 is 0.844. The second-order valence-corrected chi connectivity index (χ2v) is 2.78. The summed E-state index contributed by atoms with van der Waals surface area (Å²) in [6.45, 7) is 0. The molecular formula is C6H13NO2S. The van der Waals surface area contributed by atoms with Crippen LogP contribution >= 0.6 is 12.0 Å². The van der Waals surface area contributed by atoms with Crippen molar-refractivity contribution in [2.45, 2.75) is 25.7 Å². The molecular weight excluding hydrogens is 150 g/mol. The van der Waals surface area contributed by atoms with E-state index in [0.717, 1.165) is 37.1 Å². The molecule has 0 unspecified atom stereocenters. The van der Waals surface area contributed by atoms with Gasteiger partial charge in [0.2, 0.25) is 5.91 Å². The summed E-state index contributed by atoms with van der Waals surface area (Å²) in [4.78, 5) is 10.2. The first-order valence-corrected chi connectivity index (χ1v) is 4.26. The van der Waals surface area contributed by atoms with Crippen molar-refractivity contribution in [3.05, 3.63) is 0 Å². The highest BCUT2D eigenvalue weighted by molar-refractivity contribution is 7.93. The molecule has 4 heteroatoms. The Labute approximate surface area is 65.2 Å². The number of unbranched alkanes of at least 4 members (excludes halogenated alkanes) is 2. The zero-order chi connectivity index (χ0) is 7.82. The number of amides is 1. The predicted molar refractivity (Wildman–Crippen MR) is 42.7 cm³/mol. The molecule has 0 aromatic carbocycles. The highest BCUT2D eigenvalue weighted by atomic mass is 32.2. The minimum Gasteiger partial charge on any atom is -0.370 e. The normalized spacial score (nSPS) is 9.70. The van der Waals surface area contributed by atoms with Crippen LogP contribution in [-0.2, 0) is 4.79 Å². The van der Waals surface area contributed by atoms with E-state index in [2.05, 4.69) is 0 Å². The van der Waals surface area contributed by atoms with Gasteiger partial charge in [-0.3, -0.25) is 4.79 Å². The van der Waals surface area contributed by atoms with Gasteiger partial charge in [-0.05, 0) is 24.9 Å². The fourth-order valence-electron chi connectivity index (χ4n) is 0.643. The third-order valence-electron chi connectivity index (χ3n) is 1.16. The Bertz CT molecular complexity index is 97.7. The molecule has 0 atom stereocenters. The molecule has 0 aromatic heterocycles. The third kappa shape index (κ3) is 7.78. The lowest BCUT2D eigenvalue weighted by Gasteiger charge is -1.95. The van der Waals surface area contributed by atoms with Crippen LogP contribution in [0.4, 0.5) is 0 Å². The van der Waals surface area contributed by atoms with E-state index in [1.165, 1.54) is 0 Å². The maximum atomic E-state index is 10.2. The quantitative estimate of drug-likeness (QED) is 0.457. The van der Waals surface area contributed by atoms with E-state index in [1.54, 1.807) is 0 Å².